The predicted octanol–water partition coefficient (Wildman–Crippen LogP) is 3.04. The molecular weight excluding hydrogens is 359 g/mol. The van der Waals surface area contributed by atoms with Crippen molar-refractivity contribution in [2.24, 2.45) is 0 Å². The lowest BCUT2D eigenvalue weighted by molar-refractivity contribution is -0.345. The minimum atomic E-state index is -4.72. The van der Waals surface area contributed by atoms with Gasteiger partial charge in [0.15, 0.2) is 0 Å². The summed E-state index contributed by atoms with van der Waals surface area (Å²) in [5.74, 6) is 0.128. The van der Waals surface area contributed by atoms with Crippen LogP contribution in [-0.2, 0) is 14.8 Å². The van der Waals surface area contributed by atoms with Crippen LogP contribution in [0.25, 0.3) is 0 Å². The number of ether oxygens (including phenoxy) is 2. The van der Waals surface area contributed by atoms with Crippen molar-refractivity contribution in [3.8, 4) is 5.75 Å². The molecule has 1 aromatic rings. The molecule has 0 unspecified atom stereocenters. The second kappa shape index (κ2) is 6.84. The highest BCUT2D eigenvalue weighted by Gasteiger charge is 2.37. The number of methoxy groups -OCH3 is 1. The Hall–Kier alpha value is -1.03. The van der Waals surface area contributed by atoms with Crippen molar-refractivity contribution in [2.45, 2.75) is 30.2 Å². The van der Waals surface area contributed by atoms with Gasteiger partial charge >= 0.3 is 6.36 Å². The van der Waals surface area contributed by atoms with E-state index in [9.17, 15) is 21.6 Å². The Balaban J connectivity index is 2.15. The molecule has 130 valence electrons. The van der Waals surface area contributed by atoms with E-state index in [0.717, 1.165) is 4.31 Å². The number of hydrogen-bond acceptors (Lipinski definition) is 4. The third-order valence-electron chi connectivity index (χ3n) is 3.44. The van der Waals surface area contributed by atoms with Crippen molar-refractivity contribution in [1.29, 1.82) is 0 Å². The van der Waals surface area contributed by atoms with Crippen LogP contribution in [0.4, 0.5) is 13.2 Å². The van der Waals surface area contributed by atoms with Crippen LogP contribution in [0, 0.1) is 0 Å². The second-order valence-corrected chi connectivity index (χ2v) is 7.31. The average Bonchev–Trinajstić information content (AvgIpc) is 2.46. The summed E-state index contributed by atoms with van der Waals surface area (Å²) in [7, 11) is -2.58. The summed E-state index contributed by atoms with van der Waals surface area (Å²) in [6.45, 7) is -0.141. The Morgan fingerprint density at radius 2 is 1.87 bits per heavy atom. The summed E-state index contributed by atoms with van der Waals surface area (Å²) in [6, 6.07) is 4.17. The van der Waals surface area contributed by atoms with Gasteiger partial charge < -0.3 is 4.74 Å². The molecule has 5 nitrogen and oxygen atoms in total. The lowest BCUT2D eigenvalue weighted by Crippen LogP contribution is -2.42. The molecule has 0 radical (unpaired) electrons. The van der Waals surface area contributed by atoms with Crippen LogP contribution >= 0.6 is 11.6 Å². The molecule has 2 rings (SSSR count). The molecule has 1 fully saturated rings. The molecule has 0 bridgehead atoms. The first-order chi connectivity index (χ1) is 10.6. The maximum Gasteiger partial charge on any atom is 0.522 e. The fourth-order valence-electron chi connectivity index (χ4n) is 2.37. The predicted molar refractivity (Wildman–Crippen MR) is 76.9 cm³/mol. The molecule has 1 aromatic carbocycles. The molecule has 0 spiro atoms. The number of sulfonamides is 1. The average molecular weight is 374 g/mol. The Bertz CT molecular complexity index is 658. The molecule has 1 aliphatic heterocycles. The van der Waals surface area contributed by atoms with Crippen molar-refractivity contribution in [1.82, 2.24) is 4.31 Å². The van der Waals surface area contributed by atoms with Gasteiger partial charge in [0, 0.05) is 18.1 Å². The van der Waals surface area contributed by atoms with Crippen LogP contribution in [0.15, 0.2) is 23.1 Å². The van der Waals surface area contributed by atoms with E-state index in [0.29, 0.717) is 0 Å². The van der Waals surface area contributed by atoms with Crippen molar-refractivity contribution in [3.05, 3.63) is 23.2 Å². The summed E-state index contributed by atoms with van der Waals surface area (Å²) in [4.78, 5) is -0.109. The quantitative estimate of drug-likeness (QED) is 0.814. The number of piperidine rings is 1. The zero-order valence-electron chi connectivity index (χ0n) is 12.1. The molecule has 1 saturated heterocycles. The highest BCUT2D eigenvalue weighted by Crippen LogP contribution is 2.32. The zero-order valence-corrected chi connectivity index (χ0v) is 13.7. The van der Waals surface area contributed by atoms with E-state index >= 15 is 0 Å². The number of benzene rings is 1. The monoisotopic (exact) mass is 373 g/mol. The Morgan fingerprint density at radius 3 is 2.39 bits per heavy atom. The standard InChI is InChI=1S/C13H15ClF3NO4S/c1-21-11-3-2-9(14)8-12(11)23(19,20)18-6-4-10(5-7-18)22-13(15,16)17/h2-3,8,10H,4-7H2,1H3. The second-order valence-electron chi connectivity index (χ2n) is 4.96. The van der Waals surface area contributed by atoms with Crippen LogP contribution in [0.1, 0.15) is 12.8 Å². The Morgan fingerprint density at radius 1 is 1.26 bits per heavy atom. The molecule has 10 heteroatoms. The minimum Gasteiger partial charge on any atom is -0.495 e. The normalized spacial score (nSPS) is 18.1. The lowest BCUT2D eigenvalue weighted by Gasteiger charge is -2.31. The fourth-order valence-corrected chi connectivity index (χ4v) is 4.26. The number of alkyl halides is 3. The summed E-state index contributed by atoms with van der Waals surface area (Å²) >= 11 is 5.83. The first-order valence-corrected chi connectivity index (χ1v) is 8.53. The van der Waals surface area contributed by atoms with E-state index in [1.807, 2.05) is 0 Å². The van der Waals surface area contributed by atoms with Crippen LogP contribution in [0.5, 0.6) is 5.75 Å². The largest absolute Gasteiger partial charge is 0.522 e. The Labute approximate surface area is 137 Å². The van der Waals surface area contributed by atoms with E-state index < -0.39 is 22.5 Å². The lowest BCUT2D eigenvalue weighted by atomic mass is 10.1. The Kier molecular flexibility index (Phi) is 5.44. The number of rotatable bonds is 4. The van der Waals surface area contributed by atoms with Crippen molar-refractivity contribution >= 4 is 21.6 Å². The molecule has 0 aromatic heterocycles. The molecule has 1 aliphatic rings. The number of nitrogens with zero attached hydrogens (tertiary/aromatic N) is 1. The highest BCUT2D eigenvalue weighted by molar-refractivity contribution is 7.89. The van der Waals surface area contributed by atoms with E-state index in [4.69, 9.17) is 16.3 Å². The van der Waals surface area contributed by atoms with Gasteiger partial charge in [0.1, 0.15) is 10.6 Å². The number of halogens is 4. The van der Waals surface area contributed by atoms with Crippen LogP contribution in [-0.4, -0.2) is 45.4 Å². The smallest absolute Gasteiger partial charge is 0.495 e. The van der Waals surface area contributed by atoms with Crippen molar-refractivity contribution < 1.29 is 31.1 Å². The van der Waals surface area contributed by atoms with Crippen molar-refractivity contribution in [2.75, 3.05) is 20.2 Å². The van der Waals surface area contributed by atoms with Crippen LogP contribution in [0.3, 0.4) is 0 Å². The van der Waals surface area contributed by atoms with Gasteiger partial charge in [-0.3, -0.25) is 4.74 Å². The topological polar surface area (TPSA) is 55.8 Å². The van der Waals surface area contributed by atoms with Gasteiger partial charge in [0.25, 0.3) is 0 Å². The van der Waals surface area contributed by atoms with Gasteiger partial charge in [-0.05, 0) is 31.0 Å². The molecule has 0 N–H and O–H groups in total. The van der Waals surface area contributed by atoms with E-state index in [-0.39, 0.29) is 41.6 Å². The van der Waals surface area contributed by atoms with Gasteiger partial charge in [-0.1, -0.05) is 11.6 Å². The zero-order chi connectivity index (χ0) is 17.3. The first kappa shape index (κ1) is 18.3. The molecule has 23 heavy (non-hydrogen) atoms. The van der Waals surface area contributed by atoms with Gasteiger partial charge in [-0.2, -0.15) is 4.31 Å². The van der Waals surface area contributed by atoms with E-state index in [1.165, 1.54) is 25.3 Å². The summed E-state index contributed by atoms with van der Waals surface area (Å²) in [5, 5.41) is 0.222. The summed E-state index contributed by atoms with van der Waals surface area (Å²) in [6.07, 6.45) is -5.84. The molecule has 1 heterocycles. The third kappa shape index (κ3) is 4.50. The van der Waals surface area contributed by atoms with Crippen molar-refractivity contribution in [3.63, 3.8) is 0 Å². The molecular formula is C13H15ClF3NO4S. The summed E-state index contributed by atoms with van der Waals surface area (Å²) < 4.78 is 71.9. The maximum absolute atomic E-state index is 12.6. The van der Waals surface area contributed by atoms with Crippen LogP contribution in [0.2, 0.25) is 5.02 Å². The minimum absolute atomic E-state index is 0.0401. The molecule has 0 amide bonds. The summed E-state index contributed by atoms with van der Waals surface area (Å²) in [5.41, 5.74) is 0. The molecule has 0 atom stereocenters. The number of hydrogen-bond donors (Lipinski definition) is 0. The highest BCUT2D eigenvalue weighted by atomic mass is 35.5. The van der Waals surface area contributed by atoms with Crippen LogP contribution < -0.4 is 4.74 Å². The van der Waals surface area contributed by atoms with Gasteiger partial charge in [0.2, 0.25) is 10.0 Å². The SMILES string of the molecule is COc1ccc(Cl)cc1S(=O)(=O)N1CCC(OC(F)(F)F)CC1. The van der Waals surface area contributed by atoms with Gasteiger partial charge in [0.05, 0.1) is 13.2 Å². The van der Waals surface area contributed by atoms with E-state index in [2.05, 4.69) is 4.74 Å². The molecule has 0 aliphatic carbocycles. The maximum atomic E-state index is 12.6. The molecule has 0 saturated carbocycles. The third-order valence-corrected chi connectivity index (χ3v) is 5.60. The van der Waals surface area contributed by atoms with Gasteiger partial charge in [-0.25, -0.2) is 8.42 Å². The van der Waals surface area contributed by atoms with E-state index in [1.54, 1.807) is 0 Å². The first-order valence-electron chi connectivity index (χ1n) is 6.72. The van der Waals surface area contributed by atoms with Gasteiger partial charge in [-0.15, -0.1) is 13.2 Å². The fraction of sp³-hybridized carbons (Fsp3) is 0.538.